The molecule has 5 rings (SSSR count). The minimum absolute atomic E-state index is 0.168. The van der Waals surface area contributed by atoms with Crippen molar-refractivity contribution < 1.29 is 24.2 Å². The number of likely N-dealkylation sites (tertiary alicyclic amines) is 1. The first-order valence-electron chi connectivity index (χ1n) is 13.9. The van der Waals surface area contributed by atoms with Crippen LogP contribution in [0.15, 0.2) is 53.7 Å². The van der Waals surface area contributed by atoms with Crippen molar-refractivity contribution in [2.24, 2.45) is 5.16 Å². The molecule has 3 aromatic carbocycles. The number of anilines is 1. The molecule has 2 fully saturated rings. The molecule has 2 unspecified atom stereocenters. The average Bonchev–Trinajstić information content (AvgIpc) is 3.30. The molecule has 9 nitrogen and oxygen atoms in total. The number of amides is 1. The fraction of sp³-hybridized carbons (Fsp3) is 0.406. The number of nitriles is 1. The molecule has 2 aliphatic rings. The summed E-state index contributed by atoms with van der Waals surface area (Å²) in [5.74, 6) is 0.297. The molecule has 2 heterocycles. The summed E-state index contributed by atoms with van der Waals surface area (Å²) in [5.41, 5.74) is 1.48. The largest absolute Gasteiger partial charge is 0.493 e. The number of benzene rings is 3. The molecule has 2 N–H and O–H groups in total. The summed E-state index contributed by atoms with van der Waals surface area (Å²) in [7, 11) is 1.44. The molecule has 9 heteroatoms. The van der Waals surface area contributed by atoms with Crippen LogP contribution in [0.4, 0.5) is 5.69 Å². The molecule has 0 radical (unpaired) electrons. The van der Waals surface area contributed by atoms with Crippen molar-refractivity contribution in [3.8, 4) is 17.6 Å². The molecule has 2 saturated heterocycles. The van der Waals surface area contributed by atoms with E-state index in [4.69, 9.17) is 14.2 Å². The van der Waals surface area contributed by atoms with E-state index in [1.54, 1.807) is 24.3 Å². The molecule has 1 amide bonds. The Labute approximate surface area is 240 Å². The van der Waals surface area contributed by atoms with Crippen molar-refractivity contribution in [1.82, 2.24) is 4.90 Å². The van der Waals surface area contributed by atoms with E-state index in [0.717, 1.165) is 43.4 Å². The number of nitrogens with zero attached hydrogens (tertiary/aromatic N) is 3. The normalized spacial score (nSPS) is 19.1. The lowest BCUT2D eigenvalue weighted by molar-refractivity contribution is -0.110. The van der Waals surface area contributed by atoms with E-state index < -0.39 is 5.91 Å². The van der Waals surface area contributed by atoms with Crippen molar-refractivity contribution in [3.63, 3.8) is 0 Å². The number of carbonyl (C=O) groups excluding carboxylic acids is 1. The number of hydrogen-bond acceptors (Lipinski definition) is 8. The van der Waals surface area contributed by atoms with Crippen LogP contribution in [0.2, 0.25) is 0 Å². The van der Waals surface area contributed by atoms with Gasteiger partial charge in [0.1, 0.15) is 18.4 Å². The van der Waals surface area contributed by atoms with Crippen molar-refractivity contribution in [1.29, 1.82) is 5.26 Å². The van der Waals surface area contributed by atoms with Gasteiger partial charge in [0.25, 0.3) is 5.91 Å². The first-order chi connectivity index (χ1) is 19.7. The molecule has 2 bridgehead atoms. The van der Waals surface area contributed by atoms with E-state index in [-0.39, 0.29) is 16.9 Å². The minimum Gasteiger partial charge on any atom is -0.493 e. The van der Waals surface area contributed by atoms with Crippen molar-refractivity contribution >= 4 is 28.1 Å². The Morgan fingerprint density at radius 1 is 1.15 bits per heavy atom. The number of nitrogens with one attached hydrogen (secondary N) is 1. The zero-order valence-corrected chi connectivity index (χ0v) is 23.9. The summed E-state index contributed by atoms with van der Waals surface area (Å²) in [6.07, 6.45) is 2.92. The van der Waals surface area contributed by atoms with Gasteiger partial charge in [0, 0.05) is 30.6 Å². The molecule has 41 heavy (non-hydrogen) atoms. The highest BCUT2D eigenvalue weighted by Gasteiger charge is 2.33. The van der Waals surface area contributed by atoms with Gasteiger partial charge < -0.3 is 24.7 Å². The van der Waals surface area contributed by atoms with Crippen LogP contribution >= 0.6 is 0 Å². The fourth-order valence-electron chi connectivity index (χ4n) is 5.63. The zero-order valence-electron chi connectivity index (χ0n) is 23.9. The van der Waals surface area contributed by atoms with Gasteiger partial charge in [-0.25, -0.2) is 0 Å². The second-order valence-electron chi connectivity index (χ2n) is 11.6. The van der Waals surface area contributed by atoms with Gasteiger partial charge in [-0.15, -0.1) is 0 Å². The number of morpholine rings is 1. The Morgan fingerprint density at radius 3 is 2.49 bits per heavy atom. The summed E-state index contributed by atoms with van der Waals surface area (Å²) >= 11 is 0. The van der Waals surface area contributed by atoms with Gasteiger partial charge in [-0.1, -0.05) is 50.2 Å². The van der Waals surface area contributed by atoms with E-state index >= 15 is 0 Å². The molecule has 214 valence electrons. The van der Waals surface area contributed by atoms with Gasteiger partial charge in [0.2, 0.25) is 0 Å². The van der Waals surface area contributed by atoms with Gasteiger partial charge in [0.05, 0.1) is 30.6 Å². The van der Waals surface area contributed by atoms with Gasteiger partial charge in [-0.2, -0.15) is 5.26 Å². The number of ether oxygens (including phenoxy) is 3. The topological polar surface area (TPSA) is 116 Å². The molecule has 0 aliphatic carbocycles. The standard InChI is InChI=1S/C32H36N4O5/c1-32(2,3)21-15-20(17-33)30(39-4)27(16-21)34-31(37)29(35-38)26-11-12-28(25-8-6-5-7-24(25)26)40-14-13-36-18-22-9-10-23(19-36)41-22/h5-8,11-12,15-16,22-23,38H,9-10,13-14,18-19H2,1-4H3,(H,34,37)/b35-29+. The maximum atomic E-state index is 13.5. The van der Waals surface area contributed by atoms with Crippen LogP contribution in [-0.4, -0.2) is 67.3 Å². The Bertz CT molecular complexity index is 1510. The maximum Gasteiger partial charge on any atom is 0.278 e. The summed E-state index contributed by atoms with van der Waals surface area (Å²) in [6.45, 7) is 9.25. The number of rotatable bonds is 8. The molecule has 3 aromatic rings. The highest BCUT2D eigenvalue weighted by atomic mass is 16.5. The number of oxime groups is 1. The SMILES string of the molecule is COc1c(C#N)cc(C(C)(C)C)cc1NC(=O)/C(=N/O)c1ccc(OCCN2CC3CCC(C2)O3)c2ccccc12. The van der Waals surface area contributed by atoms with Crippen LogP contribution in [0.5, 0.6) is 11.5 Å². The van der Waals surface area contributed by atoms with Crippen LogP contribution in [0.1, 0.15) is 50.3 Å². The van der Waals surface area contributed by atoms with Gasteiger partial charge in [-0.3, -0.25) is 9.69 Å². The summed E-state index contributed by atoms with van der Waals surface area (Å²) in [4.78, 5) is 15.9. The summed E-state index contributed by atoms with van der Waals surface area (Å²) in [5, 5.41) is 27.4. The van der Waals surface area contributed by atoms with Gasteiger partial charge >= 0.3 is 0 Å². The second-order valence-corrected chi connectivity index (χ2v) is 11.6. The third-order valence-corrected chi connectivity index (χ3v) is 7.77. The third-order valence-electron chi connectivity index (χ3n) is 7.77. The van der Waals surface area contributed by atoms with E-state index in [1.807, 2.05) is 45.0 Å². The zero-order chi connectivity index (χ0) is 29.1. The van der Waals surface area contributed by atoms with Crippen molar-refractivity contribution in [2.45, 2.75) is 51.2 Å². The molecule has 0 spiro atoms. The Hall–Kier alpha value is -4.13. The van der Waals surface area contributed by atoms with Crippen LogP contribution < -0.4 is 14.8 Å². The lowest BCUT2D eigenvalue weighted by Crippen LogP contribution is -2.44. The van der Waals surface area contributed by atoms with Crippen LogP contribution in [-0.2, 0) is 14.9 Å². The van der Waals surface area contributed by atoms with Crippen LogP contribution in [0, 0.1) is 11.3 Å². The quantitative estimate of drug-likeness (QED) is 0.226. The predicted molar refractivity (Wildman–Crippen MR) is 157 cm³/mol. The first-order valence-corrected chi connectivity index (χ1v) is 13.9. The van der Waals surface area contributed by atoms with Crippen molar-refractivity contribution in [3.05, 3.63) is 65.2 Å². The van der Waals surface area contributed by atoms with Crippen LogP contribution in [0.25, 0.3) is 10.8 Å². The number of carbonyl (C=O) groups is 1. The maximum absolute atomic E-state index is 13.5. The minimum atomic E-state index is -0.637. The smallest absolute Gasteiger partial charge is 0.278 e. The van der Waals surface area contributed by atoms with Gasteiger partial charge in [0.15, 0.2) is 11.5 Å². The lowest BCUT2D eigenvalue weighted by Gasteiger charge is -2.31. The Morgan fingerprint density at radius 2 is 1.85 bits per heavy atom. The van der Waals surface area contributed by atoms with Crippen LogP contribution in [0.3, 0.4) is 0 Å². The lowest BCUT2D eigenvalue weighted by atomic mass is 9.85. The number of hydrogen-bond donors (Lipinski definition) is 2. The highest BCUT2D eigenvalue weighted by Crippen LogP contribution is 2.36. The number of methoxy groups -OCH3 is 1. The molecular weight excluding hydrogens is 520 g/mol. The monoisotopic (exact) mass is 556 g/mol. The van der Waals surface area contributed by atoms with E-state index in [9.17, 15) is 15.3 Å². The average molecular weight is 557 g/mol. The Kier molecular flexibility index (Phi) is 8.15. The first kappa shape index (κ1) is 28.4. The summed E-state index contributed by atoms with van der Waals surface area (Å²) in [6, 6.07) is 16.8. The Balaban J connectivity index is 1.38. The molecule has 2 aliphatic heterocycles. The molecule has 0 aromatic heterocycles. The van der Waals surface area contributed by atoms with E-state index in [2.05, 4.69) is 21.4 Å². The van der Waals surface area contributed by atoms with E-state index in [1.165, 1.54) is 7.11 Å². The van der Waals surface area contributed by atoms with Crippen molar-refractivity contribution in [2.75, 3.05) is 38.7 Å². The van der Waals surface area contributed by atoms with Gasteiger partial charge in [-0.05, 0) is 53.5 Å². The fourth-order valence-corrected chi connectivity index (χ4v) is 5.63. The molecule has 0 saturated carbocycles. The summed E-state index contributed by atoms with van der Waals surface area (Å²) < 4.78 is 17.6. The predicted octanol–water partition coefficient (Wildman–Crippen LogP) is 5.08. The number of fused-ring (bicyclic) bond motifs is 3. The van der Waals surface area contributed by atoms with E-state index in [0.29, 0.717) is 46.8 Å². The third kappa shape index (κ3) is 5.99. The second kappa shape index (κ2) is 11.8. The highest BCUT2D eigenvalue weighted by molar-refractivity contribution is 6.50. The molecular formula is C32H36N4O5. The molecule has 2 atom stereocenters.